The van der Waals surface area contributed by atoms with Gasteiger partial charge in [0.15, 0.2) is 0 Å². The zero-order chi connectivity index (χ0) is 26.7. The number of amides is 3. The Labute approximate surface area is 210 Å². The van der Waals surface area contributed by atoms with Crippen LogP contribution in [0.15, 0.2) is 45.7 Å². The topological polar surface area (TPSA) is 127 Å². The van der Waals surface area contributed by atoms with Crippen molar-refractivity contribution in [2.45, 2.75) is 60.6 Å². The highest BCUT2D eigenvalue weighted by Gasteiger charge is 2.27. The van der Waals surface area contributed by atoms with Gasteiger partial charge in [0.05, 0.1) is 23.1 Å². The minimum atomic E-state index is -0.670. The van der Waals surface area contributed by atoms with E-state index in [0.29, 0.717) is 22.5 Å². The van der Waals surface area contributed by atoms with E-state index in [2.05, 4.69) is 20.6 Å². The Kier molecular flexibility index (Phi) is 7.66. The lowest BCUT2D eigenvalue weighted by Crippen LogP contribution is -2.44. The van der Waals surface area contributed by atoms with E-state index in [0.717, 1.165) is 0 Å². The molecule has 2 heterocycles. The summed E-state index contributed by atoms with van der Waals surface area (Å²) in [6.45, 7) is 13.3. The Morgan fingerprint density at radius 3 is 2.42 bits per heavy atom. The SMILES string of the molecule is Cc1c(NC(=O)OC(C)(C)C)ccc2nc(N(CC(C)(C)C)C(=O)NCc3ccccn3)oc(=O)c12. The number of fused-ring (bicyclic) bond motifs is 1. The number of hydrogen-bond donors (Lipinski definition) is 2. The molecule has 36 heavy (non-hydrogen) atoms. The van der Waals surface area contributed by atoms with Crippen molar-refractivity contribution in [3.63, 3.8) is 0 Å². The normalized spacial score (nSPS) is 11.8. The van der Waals surface area contributed by atoms with E-state index in [4.69, 9.17) is 9.15 Å². The molecule has 0 aliphatic carbocycles. The van der Waals surface area contributed by atoms with Crippen molar-refractivity contribution in [1.29, 1.82) is 0 Å². The number of hydrogen-bond acceptors (Lipinski definition) is 7. The highest BCUT2D eigenvalue weighted by Crippen LogP contribution is 2.26. The molecule has 0 radical (unpaired) electrons. The number of ether oxygens (including phenoxy) is 1. The first-order chi connectivity index (χ1) is 16.7. The highest BCUT2D eigenvalue weighted by atomic mass is 16.6. The fourth-order valence-corrected chi connectivity index (χ4v) is 3.44. The maximum atomic E-state index is 13.1. The van der Waals surface area contributed by atoms with Crippen molar-refractivity contribution in [2.24, 2.45) is 5.41 Å². The third-order valence-electron chi connectivity index (χ3n) is 4.94. The smallest absolute Gasteiger partial charge is 0.412 e. The van der Waals surface area contributed by atoms with Gasteiger partial charge in [0.25, 0.3) is 0 Å². The number of urea groups is 1. The summed E-state index contributed by atoms with van der Waals surface area (Å²) in [4.78, 5) is 48.4. The fraction of sp³-hybridized carbons (Fsp3) is 0.423. The van der Waals surface area contributed by atoms with Crippen molar-refractivity contribution >= 4 is 34.7 Å². The lowest BCUT2D eigenvalue weighted by Gasteiger charge is -2.28. The maximum Gasteiger partial charge on any atom is 0.412 e. The number of rotatable bonds is 5. The number of benzene rings is 1. The van der Waals surface area contributed by atoms with Crippen LogP contribution >= 0.6 is 0 Å². The molecule has 3 amide bonds. The minimum Gasteiger partial charge on any atom is -0.444 e. The first kappa shape index (κ1) is 26.7. The van der Waals surface area contributed by atoms with Crippen LogP contribution in [0.1, 0.15) is 52.8 Å². The molecule has 2 aromatic heterocycles. The molecule has 3 rings (SSSR count). The Morgan fingerprint density at radius 1 is 1.08 bits per heavy atom. The monoisotopic (exact) mass is 495 g/mol. The van der Waals surface area contributed by atoms with Gasteiger partial charge in [-0.15, -0.1) is 0 Å². The van der Waals surface area contributed by atoms with Crippen molar-refractivity contribution in [3.05, 3.63) is 58.2 Å². The predicted molar refractivity (Wildman–Crippen MR) is 138 cm³/mol. The van der Waals surface area contributed by atoms with Gasteiger partial charge in [0.1, 0.15) is 5.60 Å². The van der Waals surface area contributed by atoms with E-state index in [1.54, 1.807) is 58.2 Å². The van der Waals surface area contributed by atoms with Crippen LogP contribution < -0.4 is 21.2 Å². The lowest BCUT2D eigenvalue weighted by molar-refractivity contribution is 0.0635. The van der Waals surface area contributed by atoms with Crippen LogP contribution in [0, 0.1) is 12.3 Å². The molecule has 0 fully saturated rings. The summed E-state index contributed by atoms with van der Waals surface area (Å²) in [5.74, 6) is 0. The van der Waals surface area contributed by atoms with E-state index < -0.39 is 23.4 Å². The standard InChI is InChI=1S/C26H33N5O5/c1-16-18(30-24(34)36-26(5,6)7)11-12-19-20(16)21(32)35-23(29-19)31(15-25(2,3)4)22(33)28-14-17-10-8-9-13-27-17/h8-13H,14-15H2,1-7H3,(H,28,33)(H,30,34). The number of nitrogens with zero attached hydrogens (tertiary/aromatic N) is 3. The summed E-state index contributed by atoms with van der Waals surface area (Å²) < 4.78 is 10.8. The van der Waals surface area contributed by atoms with E-state index >= 15 is 0 Å². The molecule has 10 nitrogen and oxygen atoms in total. The van der Waals surface area contributed by atoms with Crippen LogP contribution in [0.4, 0.5) is 21.3 Å². The van der Waals surface area contributed by atoms with Crippen LogP contribution in [0.2, 0.25) is 0 Å². The quantitative estimate of drug-likeness (QED) is 0.510. The summed E-state index contributed by atoms with van der Waals surface area (Å²) in [7, 11) is 0. The number of aromatic nitrogens is 2. The van der Waals surface area contributed by atoms with Crippen molar-refractivity contribution < 1.29 is 18.7 Å². The molecule has 0 bridgehead atoms. The van der Waals surface area contributed by atoms with Gasteiger partial charge in [-0.05, 0) is 62.9 Å². The molecule has 0 unspecified atom stereocenters. The van der Waals surface area contributed by atoms with E-state index in [1.807, 2.05) is 26.8 Å². The molecule has 0 spiro atoms. The third kappa shape index (κ3) is 7.03. The zero-order valence-corrected chi connectivity index (χ0v) is 21.8. The van der Waals surface area contributed by atoms with Crippen molar-refractivity contribution in [1.82, 2.24) is 15.3 Å². The first-order valence-electron chi connectivity index (χ1n) is 11.6. The maximum absolute atomic E-state index is 13.1. The molecule has 10 heteroatoms. The molecule has 2 N–H and O–H groups in total. The van der Waals surface area contributed by atoms with E-state index in [-0.39, 0.29) is 29.9 Å². The van der Waals surface area contributed by atoms with Gasteiger partial charge in [0, 0.05) is 18.4 Å². The van der Waals surface area contributed by atoms with Gasteiger partial charge in [-0.2, -0.15) is 4.98 Å². The Bertz CT molecular complexity index is 1310. The first-order valence-corrected chi connectivity index (χ1v) is 11.6. The van der Waals surface area contributed by atoms with E-state index in [1.165, 1.54) is 4.90 Å². The van der Waals surface area contributed by atoms with Crippen LogP contribution in [0.3, 0.4) is 0 Å². The molecule has 192 valence electrons. The number of aryl methyl sites for hydroxylation is 1. The van der Waals surface area contributed by atoms with Crippen LogP contribution in [0.25, 0.3) is 10.9 Å². The number of anilines is 2. The van der Waals surface area contributed by atoms with Gasteiger partial charge in [0.2, 0.25) is 0 Å². The van der Waals surface area contributed by atoms with Gasteiger partial charge in [-0.3, -0.25) is 10.3 Å². The summed E-state index contributed by atoms with van der Waals surface area (Å²) in [5.41, 5.74) is 0.260. The number of carbonyl (C=O) groups excluding carboxylic acids is 2. The molecular weight excluding hydrogens is 462 g/mol. The van der Waals surface area contributed by atoms with Crippen molar-refractivity contribution in [3.8, 4) is 0 Å². The molecular formula is C26H33N5O5. The highest BCUT2D eigenvalue weighted by molar-refractivity contribution is 5.94. The van der Waals surface area contributed by atoms with Gasteiger partial charge >= 0.3 is 23.8 Å². The average molecular weight is 496 g/mol. The van der Waals surface area contributed by atoms with Gasteiger partial charge in [-0.25, -0.2) is 19.3 Å². The van der Waals surface area contributed by atoms with E-state index in [9.17, 15) is 14.4 Å². The van der Waals surface area contributed by atoms with Crippen LogP contribution in [-0.4, -0.2) is 34.2 Å². The third-order valence-corrected chi connectivity index (χ3v) is 4.94. The summed E-state index contributed by atoms with van der Waals surface area (Å²) >= 11 is 0. The number of pyridine rings is 1. The molecule has 0 saturated heterocycles. The Morgan fingerprint density at radius 2 is 1.81 bits per heavy atom. The van der Waals surface area contributed by atoms with Gasteiger partial charge < -0.3 is 14.5 Å². The second kappa shape index (κ2) is 10.3. The minimum absolute atomic E-state index is 0.117. The zero-order valence-electron chi connectivity index (χ0n) is 21.8. The summed E-state index contributed by atoms with van der Waals surface area (Å²) in [5, 5.41) is 5.67. The van der Waals surface area contributed by atoms with Crippen molar-refractivity contribution in [2.75, 3.05) is 16.8 Å². The Balaban J connectivity index is 1.93. The number of nitrogens with one attached hydrogen (secondary N) is 2. The van der Waals surface area contributed by atoms with Crippen LogP contribution in [-0.2, 0) is 11.3 Å². The summed E-state index contributed by atoms with van der Waals surface area (Å²) in [6.07, 6.45) is 1.01. The average Bonchev–Trinajstić information content (AvgIpc) is 2.76. The van der Waals surface area contributed by atoms with Crippen LogP contribution in [0.5, 0.6) is 0 Å². The largest absolute Gasteiger partial charge is 0.444 e. The summed E-state index contributed by atoms with van der Waals surface area (Å²) in [6, 6.07) is 8.07. The molecule has 0 atom stereocenters. The lowest BCUT2D eigenvalue weighted by atomic mass is 9.96. The second-order valence-electron chi connectivity index (χ2n) is 10.7. The van der Waals surface area contributed by atoms with Gasteiger partial charge in [-0.1, -0.05) is 26.8 Å². The molecule has 0 saturated carbocycles. The Hall–Kier alpha value is -3.95. The number of carbonyl (C=O) groups is 2. The molecule has 0 aliphatic heterocycles. The molecule has 0 aliphatic rings. The molecule has 1 aromatic carbocycles. The fourth-order valence-electron chi connectivity index (χ4n) is 3.44. The second-order valence-corrected chi connectivity index (χ2v) is 10.7. The molecule has 3 aromatic rings. The predicted octanol–water partition coefficient (Wildman–Crippen LogP) is 5.00.